The lowest BCUT2D eigenvalue weighted by Crippen LogP contribution is -2.20. The van der Waals surface area contributed by atoms with Crippen LogP contribution in [0.25, 0.3) is 0 Å². The van der Waals surface area contributed by atoms with Gasteiger partial charge in [-0.25, -0.2) is 14.6 Å². The Morgan fingerprint density at radius 3 is 2.65 bits per heavy atom. The third kappa shape index (κ3) is 3.23. The summed E-state index contributed by atoms with van der Waals surface area (Å²) in [6.45, 7) is 1.79. The fourth-order valence-electron chi connectivity index (χ4n) is 1.48. The van der Waals surface area contributed by atoms with Gasteiger partial charge in [-0.3, -0.25) is 5.32 Å². The number of hydrogen-bond donors (Lipinski definition) is 4. The van der Waals surface area contributed by atoms with E-state index in [0.29, 0.717) is 5.13 Å². The monoisotopic (exact) mass is 293 g/mol. The van der Waals surface area contributed by atoms with E-state index in [2.05, 4.69) is 15.6 Å². The minimum atomic E-state index is -1.25. The normalized spacial score (nSPS) is 10.1. The van der Waals surface area contributed by atoms with E-state index in [9.17, 15) is 14.7 Å². The molecule has 0 aliphatic heterocycles. The van der Waals surface area contributed by atoms with Crippen molar-refractivity contribution in [3.05, 3.63) is 34.8 Å². The Morgan fingerprint density at radius 1 is 1.30 bits per heavy atom. The molecule has 0 aliphatic rings. The van der Waals surface area contributed by atoms with Gasteiger partial charge < -0.3 is 15.5 Å². The van der Waals surface area contributed by atoms with E-state index >= 15 is 0 Å². The molecule has 0 unspecified atom stereocenters. The maximum atomic E-state index is 11.7. The van der Waals surface area contributed by atoms with Gasteiger partial charge in [-0.1, -0.05) is 0 Å². The topological polar surface area (TPSA) is 112 Å². The number of rotatable bonds is 3. The average Bonchev–Trinajstić information content (AvgIpc) is 2.76. The van der Waals surface area contributed by atoms with Crippen LogP contribution in [0, 0.1) is 6.92 Å². The van der Waals surface area contributed by atoms with E-state index in [1.165, 1.54) is 23.5 Å². The van der Waals surface area contributed by atoms with Crippen LogP contribution in [-0.4, -0.2) is 27.2 Å². The van der Waals surface area contributed by atoms with Crippen LogP contribution in [0.5, 0.6) is 5.75 Å². The molecule has 2 rings (SSSR count). The van der Waals surface area contributed by atoms with E-state index in [1.54, 1.807) is 12.3 Å². The second-order valence-electron chi connectivity index (χ2n) is 3.91. The van der Waals surface area contributed by atoms with E-state index in [0.717, 1.165) is 11.8 Å². The summed E-state index contributed by atoms with van der Waals surface area (Å²) < 4.78 is 0. The molecule has 0 bridgehead atoms. The molecule has 0 spiro atoms. The number of carboxylic acids is 1. The fourth-order valence-corrected chi connectivity index (χ4v) is 2.16. The van der Waals surface area contributed by atoms with Crippen LogP contribution in [0.4, 0.5) is 15.6 Å². The Balaban J connectivity index is 2.13. The Bertz CT molecular complexity index is 668. The first kappa shape index (κ1) is 13.8. The molecule has 4 N–H and O–H groups in total. The Kier molecular flexibility index (Phi) is 3.85. The lowest BCUT2D eigenvalue weighted by atomic mass is 10.1. The van der Waals surface area contributed by atoms with Gasteiger partial charge in [0, 0.05) is 5.38 Å². The molecule has 1 aromatic heterocycles. The van der Waals surface area contributed by atoms with Crippen molar-refractivity contribution in [3.8, 4) is 5.75 Å². The highest BCUT2D eigenvalue weighted by atomic mass is 32.1. The van der Waals surface area contributed by atoms with E-state index < -0.39 is 12.0 Å². The molecule has 0 aliphatic carbocycles. The molecule has 1 aromatic carbocycles. The van der Waals surface area contributed by atoms with Gasteiger partial charge >= 0.3 is 12.0 Å². The highest BCUT2D eigenvalue weighted by Gasteiger charge is 2.14. The fraction of sp³-hybridized carbons (Fsp3) is 0.0833. The molecular weight excluding hydrogens is 282 g/mol. The van der Waals surface area contributed by atoms with Gasteiger partial charge in [0.1, 0.15) is 5.75 Å². The zero-order chi connectivity index (χ0) is 14.7. The van der Waals surface area contributed by atoms with Crippen LogP contribution in [0.1, 0.15) is 16.1 Å². The Hall–Kier alpha value is -2.61. The molecule has 0 saturated carbocycles. The molecule has 20 heavy (non-hydrogen) atoms. The molecule has 8 heteroatoms. The number of hydrogen-bond acceptors (Lipinski definition) is 5. The van der Waals surface area contributed by atoms with Crippen LogP contribution >= 0.6 is 11.3 Å². The van der Waals surface area contributed by atoms with Crippen molar-refractivity contribution in [3.63, 3.8) is 0 Å². The Morgan fingerprint density at radius 2 is 2.05 bits per heavy atom. The predicted octanol–water partition coefficient (Wildman–Crippen LogP) is 2.50. The van der Waals surface area contributed by atoms with Gasteiger partial charge in [-0.05, 0) is 25.1 Å². The molecule has 0 fully saturated rings. The first-order valence-corrected chi connectivity index (χ1v) is 6.40. The molecule has 7 nitrogen and oxygen atoms in total. The summed E-state index contributed by atoms with van der Waals surface area (Å²) in [6.07, 6.45) is 0. The summed E-state index contributed by atoms with van der Waals surface area (Å²) in [7, 11) is 0. The third-order valence-corrected chi connectivity index (χ3v) is 3.20. The van der Waals surface area contributed by atoms with E-state index in [1.807, 2.05) is 0 Å². The van der Waals surface area contributed by atoms with Crippen LogP contribution in [0.3, 0.4) is 0 Å². The van der Waals surface area contributed by atoms with Crippen LogP contribution < -0.4 is 10.6 Å². The number of benzene rings is 1. The summed E-state index contributed by atoms with van der Waals surface area (Å²) in [5.41, 5.74) is 0.665. The molecule has 104 valence electrons. The lowest BCUT2D eigenvalue weighted by molar-refractivity contribution is 0.0697. The summed E-state index contributed by atoms with van der Waals surface area (Å²) >= 11 is 1.26. The number of aryl methyl sites for hydroxylation is 1. The number of phenolic OH excluding ortho intramolecular Hbond substituents is 1. The Labute approximate surface area is 117 Å². The number of aromatic nitrogens is 1. The second kappa shape index (κ2) is 5.57. The van der Waals surface area contributed by atoms with E-state index in [-0.39, 0.29) is 17.0 Å². The molecular formula is C12H11N3O4S. The van der Waals surface area contributed by atoms with Crippen LogP contribution in [0.2, 0.25) is 0 Å². The molecule has 0 atom stereocenters. The van der Waals surface area contributed by atoms with Crippen molar-refractivity contribution < 1.29 is 19.8 Å². The standard InChI is InChI=1S/C12H11N3O4S/c1-6-5-20-12(13-6)15-11(19)14-9-3-2-7(16)4-8(9)10(17)18/h2-5,16H,1H3,(H,17,18)(H2,13,14,15,19). The molecule has 0 radical (unpaired) electrons. The van der Waals surface area contributed by atoms with Crippen molar-refractivity contribution in [1.29, 1.82) is 0 Å². The van der Waals surface area contributed by atoms with E-state index in [4.69, 9.17) is 5.11 Å². The highest BCUT2D eigenvalue weighted by Crippen LogP contribution is 2.22. The zero-order valence-corrected chi connectivity index (χ0v) is 11.2. The molecule has 2 aromatic rings. The number of thiazole rings is 1. The molecule has 0 saturated heterocycles. The van der Waals surface area contributed by atoms with Gasteiger partial charge in [0.2, 0.25) is 0 Å². The minimum absolute atomic E-state index is 0.0843. The number of aromatic hydroxyl groups is 1. The second-order valence-corrected chi connectivity index (χ2v) is 4.77. The maximum Gasteiger partial charge on any atom is 0.337 e. The molecule has 2 amide bonds. The largest absolute Gasteiger partial charge is 0.508 e. The van der Waals surface area contributed by atoms with Crippen molar-refractivity contribution in [2.45, 2.75) is 6.92 Å². The molecule has 1 heterocycles. The first-order valence-electron chi connectivity index (χ1n) is 5.52. The number of amides is 2. The third-order valence-electron chi connectivity index (χ3n) is 2.32. The van der Waals surface area contributed by atoms with Crippen molar-refractivity contribution >= 4 is 34.2 Å². The van der Waals surface area contributed by atoms with Gasteiger partial charge in [0.15, 0.2) is 5.13 Å². The zero-order valence-electron chi connectivity index (χ0n) is 10.4. The van der Waals surface area contributed by atoms with Gasteiger partial charge in [0.25, 0.3) is 0 Å². The summed E-state index contributed by atoms with van der Waals surface area (Å²) in [6, 6.07) is 3.06. The number of phenols is 1. The minimum Gasteiger partial charge on any atom is -0.508 e. The number of aromatic carboxylic acids is 1. The number of carbonyl (C=O) groups excluding carboxylic acids is 1. The van der Waals surface area contributed by atoms with Crippen molar-refractivity contribution in [2.24, 2.45) is 0 Å². The van der Waals surface area contributed by atoms with Crippen molar-refractivity contribution in [2.75, 3.05) is 10.6 Å². The van der Waals surface area contributed by atoms with Crippen LogP contribution in [0.15, 0.2) is 23.6 Å². The number of carboxylic acid groups (broad SMARTS) is 1. The van der Waals surface area contributed by atoms with Gasteiger partial charge in [-0.15, -0.1) is 11.3 Å². The smallest absolute Gasteiger partial charge is 0.337 e. The average molecular weight is 293 g/mol. The highest BCUT2D eigenvalue weighted by molar-refractivity contribution is 7.13. The number of anilines is 2. The number of carbonyl (C=O) groups is 2. The summed E-state index contributed by atoms with van der Waals surface area (Å²) in [5.74, 6) is -1.44. The summed E-state index contributed by atoms with van der Waals surface area (Å²) in [5, 5.41) is 25.3. The first-order chi connectivity index (χ1) is 9.45. The number of nitrogens with zero attached hydrogens (tertiary/aromatic N) is 1. The summed E-state index contributed by atoms with van der Waals surface area (Å²) in [4.78, 5) is 26.8. The van der Waals surface area contributed by atoms with Gasteiger partial charge in [0.05, 0.1) is 16.9 Å². The number of urea groups is 1. The maximum absolute atomic E-state index is 11.7. The van der Waals surface area contributed by atoms with Crippen LogP contribution in [-0.2, 0) is 0 Å². The SMILES string of the molecule is Cc1csc(NC(=O)Nc2ccc(O)cc2C(=O)O)n1. The van der Waals surface area contributed by atoms with Crippen molar-refractivity contribution in [1.82, 2.24) is 4.98 Å². The van der Waals surface area contributed by atoms with Gasteiger partial charge in [-0.2, -0.15) is 0 Å². The number of nitrogens with one attached hydrogen (secondary N) is 2. The predicted molar refractivity (Wildman–Crippen MR) is 74.6 cm³/mol. The quantitative estimate of drug-likeness (QED) is 0.650. The lowest BCUT2D eigenvalue weighted by Gasteiger charge is -2.08.